The second kappa shape index (κ2) is 7.32. The zero-order chi connectivity index (χ0) is 20.9. The third-order valence-electron chi connectivity index (χ3n) is 7.63. The molecule has 8 nitrogen and oxygen atoms in total. The summed E-state index contributed by atoms with van der Waals surface area (Å²) < 4.78 is 1.69. The van der Waals surface area contributed by atoms with Crippen molar-refractivity contribution >= 4 is 17.6 Å². The Labute approximate surface area is 176 Å². The summed E-state index contributed by atoms with van der Waals surface area (Å²) in [5, 5.41) is 4.18. The molecule has 0 atom stereocenters. The normalized spacial score (nSPS) is 29.3. The summed E-state index contributed by atoms with van der Waals surface area (Å²) in [5.41, 5.74) is 8.24. The first kappa shape index (κ1) is 19.5. The zero-order valence-electron chi connectivity index (χ0n) is 17.8. The predicted molar refractivity (Wildman–Crippen MR) is 110 cm³/mol. The lowest BCUT2D eigenvalue weighted by molar-refractivity contribution is -0.134. The molecule has 0 aromatic carbocycles. The molecule has 30 heavy (non-hydrogen) atoms. The molecule has 0 radical (unpaired) electrons. The Morgan fingerprint density at radius 3 is 2.37 bits per heavy atom. The average Bonchev–Trinajstić information content (AvgIpc) is 3.13. The van der Waals surface area contributed by atoms with Crippen LogP contribution in [-0.2, 0) is 16.0 Å². The van der Waals surface area contributed by atoms with E-state index in [0.717, 1.165) is 34.7 Å². The zero-order valence-corrected chi connectivity index (χ0v) is 17.8. The van der Waals surface area contributed by atoms with Crippen molar-refractivity contribution in [3.05, 3.63) is 23.3 Å². The maximum Gasteiger partial charge on any atom is 0.252 e. The summed E-state index contributed by atoms with van der Waals surface area (Å²) in [6, 6.07) is 0. The smallest absolute Gasteiger partial charge is 0.252 e. The van der Waals surface area contributed by atoms with Gasteiger partial charge in [-0.2, -0.15) is 10.1 Å². The van der Waals surface area contributed by atoms with Crippen LogP contribution >= 0.6 is 0 Å². The molecule has 2 amide bonds. The highest BCUT2D eigenvalue weighted by Crippen LogP contribution is 2.61. The van der Waals surface area contributed by atoms with Crippen LogP contribution in [0, 0.1) is 37.0 Å². The van der Waals surface area contributed by atoms with Gasteiger partial charge in [0.25, 0.3) is 5.78 Å². The summed E-state index contributed by atoms with van der Waals surface area (Å²) >= 11 is 0. The van der Waals surface area contributed by atoms with Crippen molar-refractivity contribution in [2.45, 2.75) is 71.6 Å². The highest BCUT2D eigenvalue weighted by atomic mass is 16.2. The van der Waals surface area contributed by atoms with Gasteiger partial charge in [0.05, 0.1) is 0 Å². The van der Waals surface area contributed by atoms with E-state index in [0.29, 0.717) is 18.6 Å². The van der Waals surface area contributed by atoms with Crippen LogP contribution in [0.3, 0.4) is 0 Å². The number of carbonyl (C=O) groups excluding carboxylic acids is 2. The highest BCUT2D eigenvalue weighted by molar-refractivity contribution is 5.82. The number of carbonyl (C=O) groups is 2. The summed E-state index contributed by atoms with van der Waals surface area (Å²) in [5.74, 6) is 2.79. The van der Waals surface area contributed by atoms with Gasteiger partial charge in [-0.15, -0.1) is 0 Å². The molecule has 160 valence electrons. The molecule has 2 aromatic heterocycles. The Hall–Kier alpha value is -2.51. The van der Waals surface area contributed by atoms with Crippen LogP contribution in [-0.4, -0.2) is 31.4 Å². The maximum absolute atomic E-state index is 12.6. The van der Waals surface area contributed by atoms with Crippen LogP contribution in [0.1, 0.15) is 68.3 Å². The minimum atomic E-state index is -0.189. The molecule has 2 aromatic rings. The third-order valence-corrected chi connectivity index (χ3v) is 7.63. The van der Waals surface area contributed by atoms with Crippen molar-refractivity contribution in [3.8, 4) is 0 Å². The van der Waals surface area contributed by atoms with Gasteiger partial charge in [0.2, 0.25) is 11.8 Å². The van der Waals surface area contributed by atoms with E-state index >= 15 is 0 Å². The summed E-state index contributed by atoms with van der Waals surface area (Å²) in [6.45, 7) is 3.87. The standard InChI is InChI=1S/C22H30N6O2/c1-13-18(14(2)28-21(25-13)23-12-24-28)3-4-19(29)26-27-20(30)11-22-8-15-5-16(9-22)7-17(6-15)10-22/h12,15-17H,3-11H2,1-2H3,(H,26,29)(H,27,30). The molecule has 0 saturated heterocycles. The Morgan fingerprint density at radius 2 is 1.70 bits per heavy atom. The van der Waals surface area contributed by atoms with Crippen molar-refractivity contribution in [2.75, 3.05) is 0 Å². The minimum absolute atomic E-state index is 0.0524. The predicted octanol–water partition coefficient (Wildman–Crippen LogP) is 2.43. The van der Waals surface area contributed by atoms with Gasteiger partial charge in [0.1, 0.15) is 6.33 Å². The quantitative estimate of drug-likeness (QED) is 0.737. The Bertz CT molecular complexity index is 962. The highest BCUT2D eigenvalue weighted by Gasteiger charge is 2.51. The fraction of sp³-hybridized carbons (Fsp3) is 0.682. The summed E-state index contributed by atoms with van der Waals surface area (Å²) in [7, 11) is 0. The lowest BCUT2D eigenvalue weighted by Crippen LogP contribution is -2.50. The molecule has 0 spiro atoms. The molecule has 4 bridgehead atoms. The number of aromatic nitrogens is 4. The van der Waals surface area contributed by atoms with Gasteiger partial charge in [-0.05, 0) is 87.5 Å². The van der Waals surface area contributed by atoms with E-state index in [2.05, 4.69) is 25.9 Å². The molecule has 4 aliphatic carbocycles. The Balaban J connectivity index is 1.13. The van der Waals surface area contributed by atoms with Gasteiger partial charge in [0.15, 0.2) is 0 Å². The first-order valence-electron chi connectivity index (χ1n) is 11.1. The minimum Gasteiger partial charge on any atom is -0.273 e. The molecule has 0 unspecified atom stereocenters. The first-order chi connectivity index (χ1) is 14.4. The number of nitrogens with zero attached hydrogens (tertiary/aromatic N) is 4. The third kappa shape index (κ3) is 3.56. The topological polar surface area (TPSA) is 101 Å². The Kier molecular flexibility index (Phi) is 4.75. The maximum atomic E-state index is 12.6. The van der Waals surface area contributed by atoms with Crippen molar-refractivity contribution in [1.29, 1.82) is 0 Å². The fourth-order valence-electron chi connectivity index (χ4n) is 6.85. The van der Waals surface area contributed by atoms with Gasteiger partial charge < -0.3 is 0 Å². The largest absolute Gasteiger partial charge is 0.273 e. The number of nitrogens with one attached hydrogen (secondary N) is 2. The van der Waals surface area contributed by atoms with E-state index in [-0.39, 0.29) is 23.7 Å². The van der Waals surface area contributed by atoms with Crippen LogP contribution in [0.15, 0.2) is 6.33 Å². The number of hydrazine groups is 1. The van der Waals surface area contributed by atoms with E-state index in [1.807, 2.05) is 13.8 Å². The number of rotatable bonds is 5. The van der Waals surface area contributed by atoms with Gasteiger partial charge in [-0.1, -0.05) is 0 Å². The number of fused-ring (bicyclic) bond motifs is 1. The molecular formula is C22H30N6O2. The van der Waals surface area contributed by atoms with Crippen LogP contribution in [0.25, 0.3) is 5.78 Å². The monoisotopic (exact) mass is 410 g/mol. The van der Waals surface area contributed by atoms with E-state index in [4.69, 9.17) is 0 Å². The van der Waals surface area contributed by atoms with E-state index in [1.165, 1.54) is 44.9 Å². The average molecular weight is 411 g/mol. The number of aryl methyl sites for hydroxylation is 2. The van der Waals surface area contributed by atoms with E-state index in [9.17, 15) is 9.59 Å². The molecule has 8 heteroatoms. The first-order valence-corrected chi connectivity index (χ1v) is 11.1. The molecule has 2 heterocycles. The molecular weight excluding hydrogens is 380 g/mol. The van der Waals surface area contributed by atoms with Crippen molar-refractivity contribution < 1.29 is 9.59 Å². The lowest BCUT2D eigenvalue weighted by Gasteiger charge is -2.56. The second-order valence-electron chi connectivity index (χ2n) is 9.92. The molecule has 4 saturated carbocycles. The summed E-state index contributed by atoms with van der Waals surface area (Å²) in [4.78, 5) is 33.5. The molecule has 4 fully saturated rings. The SMILES string of the molecule is Cc1nc2ncnn2c(C)c1CCC(=O)NNC(=O)CC12CC3CC(CC(C3)C1)C2. The van der Waals surface area contributed by atoms with Crippen LogP contribution in [0.5, 0.6) is 0 Å². The van der Waals surface area contributed by atoms with Crippen LogP contribution < -0.4 is 10.9 Å². The Morgan fingerprint density at radius 1 is 1.07 bits per heavy atom. The van der Waals surface area contributed by atoms with Crippen molar-refractivity contribution in [2.24, 2.45) is 23.2 Å². The van der Waals surface area contributed by atoms with Crippen molar-refractivity contribution in [3.63, 3.8) is 0 Å². The number of hydrogen-bond acceptors (Lipinski definition) is 5. The van der Waals surface area contributed by atoms with Gasteiger partial charge in [-0.25, -0.2) is 9.50 Å². The summed E-state index contributed by atoms with van der Waals surface area (Å²) in [6.07, 6.45) is 10.5. The van der Waals surface area contributed by atoms with Gasteiger partial charge in [-0.3, -0.25) is 20.4 Å². The number of amides is 2. The van der Waals surface area contributed by atoms with Crippen molar-refractivity contribution in [1.82, 2.24) is 30.4 Å². The number of hydrogen-bond donors (Lipinski definition) is 2. The van der Waals surface area contributed by atoms with Gasteiger partial charge in [0, 0.05) is 24.2 Å². The molecule has 0 aliphatic heterocycles. The second-order valence-corrected chi connectivity index (χ2v) is 9.92. The van der Waals surface area contributed by atoms with Crippen LogP contribution in [0.2, 0.25) is 0 Å². The van der Waals surface area contributed by atoms with E-state index < -0.39 is 0 Å². The molecule has 4 aliphatic rings. The van der Waals surface area contributed by atoms with Crippen LogP contribution in [0.4, 0.5) is 0 Å². The lowest BCUT2D eigenvalue weighted by atomic mass is 9.49. The molecule has 6 rings (SSSR count). The van der Waals surface area contributed by atoms with Gasteiger partial charge >= 0.3 is 0 Å². The van der Waals surface area contributed by atoms with E-state index in [1.54, 1.807) is 4.52 Å². The molecule has 2 N–H and O–H groups in total. The fourth-order valence-corrected chi connectivity index (χ4v) is 6.85.